The fraction of sp³-hybridized carbons (Fsp3) is 0.462. The van der Waals surface area contributed by atoms with E-state index in [1.807, 2.05) is 36.4 Å². The molecule has 108 valence electrons. The lowest BCUT2D eigenvalue weighted by Gasteiger charge is -2.20. The molecule has 20 heavy (non-hydrogen) atoms. The van der Waals surface area contributed by atoms with Crippen molar-refractivity contribution in [2.24, 2.45) is 0 Å². The van der Waals surface area contributed by atoms with Gasteiger partial charge in [-0.25, -0.2) is 0 Å². The average Bonchev–Trinajstić information content (AvgIpc) is 3.08. The van der Waals surface area contributed by atoms with Gasteiger partial charge in [-0.15, -0.1) is 21.5 Å². The van der Waals surface area contributed by atoms with Crippen LogP contribution in [0.1, 0.15) is 25.8 Å². The molecule has 0 aromatic carbocycles. The minimum Gasteiger partial charge on any atom is -0.465 e. The molecule has 0 aliphatic carbocycles. The van der Waals surface area contributed by atoms with Crippen molar-refractivity contribution in [2.45, 2.75) is 19.9 Å². The molecule has 0 fully saturated rings. The number of thiophene rings is 1. The van der Waals surface area contributed by atoms with Gasteiger partial charge in [-0.05, 0) is 32.3 Å². The van der Waals surface area contributed by atoms with E-state index in [0.717, 1.165) is 4.88 Å². The van der Waals surface area contributed by atoms with Crippen molar-refractivity contribution < 1.29 is 13.9 Å². The molecule has 0 aliphatic heterocycles. The molecule has 0 amide bonds. The van der Waals surface area contributed by atoms with Gasteiger partial charge in [-0.3, -0.25) is 9.69 Å². The number of likely N-dealkylation sites (N-methyl/N-ethyl adjacent to an activating group) is 1. The van der Waals surface area contributed by atoms with Gasteiger partial charge >= 0.3 is 5.97 Å². The molecule has 0 radical (unpaired) electrons. The summed E-state index contributed by atoms with van der Waals surface area (Å²) in [6.45, 7) is 4.26. The van der Waals surface area contributed by atoms with Crippen LogP contribution >= 0.6 is 11.3 Å². The summed E-state index contributed by atoms with van der Waals surface area (Å²) in [6.07, 6.45) is 0. The van der Waals surface area contributed by atoms with E-state index in [-0.39, 0.29) is 18.6 Å². The molecule has 2 aromatic rings. The molecule has 7 heteroatoms. The van der Waals surface area contributed by atoms with Crippen molar-refractivity contribution in [1.29, 1.82) is 0 Å². The topological polar surface area (TPSA) is 68.5 Å². The van der Waals surface area contributed by atoms with Crippen LogP contribution in [0.2, 0.25) is 0 Å². The van der Waals surface area contributed by atoms with Crippen LogP contribution in [0, 0.1) is 0 Å². The van der Waals surface area contributed by atoms with Crippen LogP contribution in [0.5, 0.6) is 0 Å². The van der Waals surface area contributed by atoms with Gasteiger partial charge in [-0.1, -0.05) is 6.07 Å². The van der Waals surface area contributed by atoms with Crippen molar-refractivity contribution in [3.63, 3.8) is 0 Å². The highest BCUT2D eigenvalue weighted by molar-refractivity contribution is 7.13. The Balaban J connectivity index is 2.02. The number of aromatic nitrogens is 2. The summed E-state index contributed by atoms with van der Waals surface area (Å²) in [4.78, 5) is 14.2. The van der Waals surface area contributed by atoms with Crippen molar-refractivity contribution in [1.82, 2.24) is 15.1 Å². The van der Waals surface area contributed by atoms with Gasteiger partial charge in [0.15, 0.2) is 0 Å². The van der Waals surface area contributed by atoms with E-state index in [4.69, 9.17) is 9.15 Å². The summed E-state index contributed by atoms with van der Waals surface area (Å²) in [6, 6.07) is 3.70. The number of nitrogens with zero attached hydrogens (tertiary/aromatic N) is 3. The van der Waals surface area contributed by atoms with E-state index in [0.29, 0.717) is 18.4 Å². The lowest BCUT2D eigenvalue weighted by atomic mass is 10.3. The molecule has 6 nitrogen and oxygen atoms in total. The Hall–Kier alpha value is -1.73. The van der Waals surface area contributed by atoms with Crippen LogP contribution < -0.4 is 0 Å². The number of hydrogen-bond acceptors (Lipinski definition) is 7. The third-order valence-electron chi connectivity index (χ3n) is 2.87. The Bertz CT molecular complexity index is 553. The molecule has 2 heterocycles. The molecule has 0 bridgehead atoms. The average molecular weight is 295 g/mol. The maximum absolute atomic E-state index is 11.5. The van der Waals surface area contributed by atoms with E-state index in [2.05, 4.69) is 10.2 Å². The Kier molecular flexibility index (Phi) is 4.86. The summed E-state index contributed by atoms with van der Waals surface area (Å²) >= 11 is 1.54. The molecule has 0 spiro atoms. The molecule has 2 aromatic heterocycles. The second-order valence-electron chi connectivity index (χ2n) is 4.32. The van der Waals surface area contributed by atoms with Crippen LogP contribution in [0.4, 0.5) is 0 Å². The van der Waals surface area contributed by atoms with Crippen molar-refractivity contribution in [2.75, 3.05) is 20.2 Å². The van der Waals surface area contributed by atoms with Crippen molar-refractivity contribution in [3.05, 3.63) is 23.4 Å². The summed E-state index contributed by atoms with van der Waals surface area (Å²) in [5.41, 5.74) is 0. The predicted molar refractivity (Wildman–Crippen MR) is 75.3 cm³/mol. The monoisotopic (exact) mass is 295 g/mol. The molecular formula is C13H17N3O3S. The van der Waals surface area contributed by atoms with E-state index in [1.165, 1.54) is 0 Å². The minimum absolute atomic E-state index is 0.152. The highest BCUT2D eigenvalue weighted by atomic mass is 32.1. The number of carbonyl (C=O) groups excluding carboxylic acids is 1. The van der Waals surface area contributed by atoms with Crippen molar-refractivity contribution in [3.8, 4) is 10.8 Å². The highest BCUT2D eigenvalue weighted by Gasteiger charge is 2.21. The van der Waals surface area contributed by atoms with Crippen LogP contribution in [-0.4, -0.2) is 41.3 Å². The van der Waals surface area contributed by atoms with E-state index < -0.39 is 0 Å². The molecule has 0 aliphatic rings. The highest BCUT2D eigenvalue weighted by Crippen LogP contribution is 2.26. The van der Waals surface area contributed by atoms with Crippen LogP contribution in [0.25, 0.3) is 10.8 Å². The van der Waals surface area contributed by atoms with Gasteiger partial charge in [0.2, 0.25) is 5.89 Å². The van der Waals surface area contributed by atoms with Crippen LogP contribution in [0.15, 0.2) is 21.9 Å². The first kappa shape index (κ1) is 14.7. The second-order valence-corrected chi connectivity index (χ2v) is 5.27. The van der Waals surface area contributed by atoms with E-state index >= 15 is 0 Å². The lowest BCUT2D eigenvalue weighted by Crippen LogP contribution is -2.30. The molecule has 0 saturated carbocycles. The maximum Gasteiger partial charge on any atom is 0.320 e. The van der Waals surface area contributed by atoms with Gasteiger partial charge in [0, 0.05) is 0 Å². The van der Waals surface area contributed by atoms with Gasteiger partial charge in [0.1, 0.15) is 0 Å². The standard InChI is InChI=1S/C13H17N3O3S/c1-4-18-11(17)8-16(3)9(2)12-14-15-13(19-12)10-6-5-7-20-10/h5-7,9H,4,8H2,1-3H3. The molecule has 1 unspecified atom stereocenters. The number of carbonyl (C=O) groups is 1. The van der Waals surface area contributed by atoms with Gasteiger partial charge in [0.05, 0.1) is 24.1 Å². The Labute approximate surface area is 121 Å². The Morgan fingerprint density at radius 3 is 3.00 bits per heavy atom. The molecule has 0 saturated heterocycles. The summed E-state index contributed by atoms with van der Waals surface area (Å²) < 4.78 is 10.6. The number of rotatable bonds is 6. The third kappa shape index (κ3) is 3.43. The fourth-order valence-corrected chi connectivity index (χ4v) is 2.28. The van der Waals surface area contributed by atoms with Gasteiger partial charge < -0.3 is 9.15 Å². The first-order valence-corrected chi connectivity index (χ1v) is 7.23. The van der Waals surface area contributed by atoms with Gasteiger partial charge in [0.25, 0.3) is 5.89 Å². The summed E-state index contributed by atoms with van der Waals surface area (Å²) in [5, 5.41) is 10.0. The van der Waals surface area contributed by atoms with Crippen LogP contribution in [0.3, 0.4) is 0 Å². The van der Waals surface area contributed by atoms with E-state index in [9.17, 15) is 4.79 Å². The molecule has 1 atom stereocenters. The molecule has 2 rings (SSSR count). The SMILES string of the molecule is CCOC(=O)CN(C)C(C)c1nnc(-c2cccs2)o1. The Morgan fingerprint density at radius 2 is 2.35 bits per heavy atom. The van der Waals surface area contributed by atoms with Crippen molar-refractivity contribution >= 4 is 17.3 Å². The normalized spacial score (nSPS) is 12.6. The molecule has 0 N–H and O–H groups in total. The quantitative estimate of drug-likeness (QED) is 0.762. The summed E-state index contributed by atoms with van der Waals surface area (Å²) in [7, 11) is 1.82. The number of hydrogen-bond donors (Lipinski definition) is 0. The lowest BCUT2D eigenvalue weighted by molar-refractivity contribution is -0.144. The maximum atomic E-state index is 11.5. The predicted octanol–water partition coefficient (Wildman–Crippen LogP) is 2.35. The largest absolute Gasteiger partial charge is 0.465 e. The summed E-state index contributed by atoms with van der Waals surface area (Å²) in [5.74, 6) is 0.728. The number of esters is 1. The number of ether oxygens (including phenoxy) is 1. The third-order valence-corrected chi connectivity index (χ3v) is 3.73. The zero-order valence-electron chi connectivity index (χ0n) is 11.7. The Morgan fingerprint density at radius 1 is 1.55 bits per heavy atom. The van der Waals surface area contributed by atoms with E-state index in [1.54, 1.807) is 18.3 Å². The molecular weight excluding hydrogens is 278 g/mol. The zero-order chi connectivity index (χ0) is 14.5. The first-order chi connectivity index (χ1) is 9.61. The zero-order valence-corrected chi connectivity index (χ0v) is 12.5. The van der Waals surface area contributed by atoms with Gasteiger partial charge in [-0.2, -0.15) is 0 Å². The first-order valence-electron chi connectivity index (χ1n) is 6.35. The second kappa shape index (κ2) is 6.62. The van der Waals surface area contributed by atoms with Crippen LogP contribution in [-0.2, 0) is 9.53 Å². The smallest absolute Gasteiger partial charge is 0.320 e. The minimum atomic E-state index is -0.264. The fourth-order valence-electron chi connectivity index (χ4n) is 1.64.